The number of aromatic hydroxyl groups is 1. The molecular weight excluding hydrogens is 214 g/mol. The Morgan fingerprint density at radius 2 is 2.12 bits per heavy atom. The lowest BCUT2D eigenvalue weighted by Crippen LogP contribution is -2.38. The highest BCUT2D eigenvalue weighted by atomic mass is 16.5. The standard InChI is InChI=1S/C14H17NO2/c1-10-15-14(9-17-10)7-6-12(8-14)11-2-4-13(16)5-3-11/h2-5,12,15-16H,1,6-9H2/t12-,14-/m1/s1. The molecule has 3 rings (SSSR count). The maximum Gasteiger partial charge on any atom is 0.179 e. The minimum Gasteiger partial charge on any atom is -0.508 e. The minimum atomic E-state index is 0.0969. The molecule has 0 radical (unpaired) electrons. The third-order valence-electron chi connectivity index (χ3n) is 3.90. The molecule has 3 heteroatoms. The zero-order chi connectivity index (χ0) is 11.9. The smallest absolute Gasteiger partial charge is 0.179 e. The van der Waals surface area contributed by atoms with Crippen LogP contribution in [0.15, 0.2) is 36.7 Å². The fourth-order valence-corrected chi connectivity index (χ4v) is 3.00. The van der Waals surface area contributed by atoms with E-state index in [1.807, 2.05) is 12.1 Å². The van der Waals surface area contributed by atoms with Crippen LogP contribution in [0.3, 0.4) is 0 Å². The van der Waals surface area contributed by atoms with E-state index < -0.39 is 0 Å². The van der Waals surface area contributed by atoms with Crippen LogP contribution in [-0.2, 0) is 4.74 Å². The maximum absolute atomic E-state index is 9.30. The van der Waals surface area contributed by atoms with Crippen molar-refractivity contribution in [3.05, 3.63) is 42.3 Å². The highest BCUT2D eigenvalue weighted by molar-refractivity contribution is 5.30. The molecule has 2 N–H and O–H groups in total. The summed E-state index contributed by atoms with van der Waals surface area (Å²) in [6, 6.07) is 7.56. The van der Waals surface area contributed by atoms with Crippen LogP contribution in [0.1, 0.15) is 30.7 Å². The molecule has 1 spiro atoms. The number of hydrogen-bond donors (Lipinski definition) is 2. The summed E-state index contributed by atoms with van der Waals surface area (Å²) < 4.78 is 5.45. The average molecular weight is 231 g/mol. The van der Waals surface area contributed by atoms with E-state index in [-0.39, 0.29) is 5.54 Å². The SMILES string of the molecule is C=C1N[C@@]2(CC[C@@H](c3ccc(O)cc3)C2)CO1. The normalized spacial score (nSPS) is 31.5. The van der Waals surface area contributed by atoms with Crippen molar-refractivity contribution in [2.24, 2.45) is 0 Å². The Morgan fingerprint density at radius 1 is 1.35 bits per heavy atom. The summed E-state index contributed by atoms with van der Waals surface area (Å²) >= 11 is 0. The number of nitrogens with one attached hydrogen (secondary N) is 1. The van der Waals surface area contributed by atoms with Crippen molar-refractivity contribution < 1.29 is 9.84 Å². The fraction of sp³-hybridized carbons (Fsp3) is 0.429. The van der Waals surface area contributed by atoms with Crippen LogP contribution in [0.5, 0.6) is 5.75 Å². The highest BCUT2D eigenvalue weighted by Gasteiger charge is 2.44. The van der Waals surface area contributed by atoms with Gasteiger partial charge < -0.3 is 15.2 Å². The van der Waals surface area contributed by atoms with Gasteiger partial charge in [0.25, 0.3) is 0 Å². The van der Waals surface area contributed by atoms with E-state index in [2.05, 4.69) is 11.9 Å². The van der Waals surface area contributed by atoms with Crippen molar-refractivity contribution in [3.63, 3.8) is 0 Å². The van der Waals surface area contributed by atoms with E-state index in [9.17, 15) is 5.11 Å². The zero-order valence-electron chi connectivity index (χ0n) is 9.78. The van der Waals surface area contributed by atoms with Crippen molar-refractivity contribution in [2.75, 3.05) is 6.61 Å². The Bertz CT molecular complexity index is 440. The molecule has 0 unspecified atom stereocenters. The van der Waals surface area contributed by atoms with Gasteiger partial charge in [0, 0.05) is 0 Å². The van der Waals surface area contributed by atoms with Crippen LogP contribution < -0.4 is 5.32 Å². The third-order valence-corrected chi connectivity index (χ3v) is 3.90. The van der Waals surface area contributed by atoms with Crippen LogP contribution in [0.4, 0.5) is 0 Å². The molecule has 0 amide bonds. The lowest BCUT2D eigenvalue weighted by molar-refractivity contribution is 0.225. The summed E-state index contributed by atoms with van der Waals surface area (Å²) in [5.74, 6) is 1.59. The van der Waals surface area contributed by atoms with Gasteiger partial charge in [0.1, 0.15) is 12.4 Å². The van der Waals surface area contributed by atoms with E-state index in [4.69, 9.17) is 4.74 Å². The Balaban J connectivity index is 1.76. The number of phenols is 1. The van der Waals surface area contributed by atoms with Crippen molar-refractivity contribution in [1.82, 2.24) is 5.32 Å². The maximum atomic E-state index is 9.30. The Kier molecular flexibility index (Phi) is 2.28. The van der Waals surface area contributed by atoms with Crippen molar-refractivity contribution >= 4 is 0 Å². The second-order valence-corrected chi connectivity index (χ2v) is 5.15. The molecule has 2 aliphatic rings. The number of phenolic OH excluding ortho intramolecular Hbond substituents is 1. The van der Waals surface area contributed by atoms with Crippen molar-refractivity contribution in [2.45, 2.75) is 30.7 Å². The first-order chi connectivity index (χ1) is 8.17. The fourth-order valence-electron chi connectivity index (χ4n) is 3.00. The predicted octanol–water partition coefficient (Wildman–Crippen LogP) is 2.49. The van der Waals surface area contributed by atoms with Gasteiger partial charge in [-0.2, -0.15) is 0 Å². The summed E-state index contributed by atoms with van der Waals surface area (Å²) in [7, 11) is 0. The van der Waals surface area contributed by atoms with E-state index in [1.165, 1.54) is 5.56 Å². The van der Waals surface area contributed by atoms with Crippen LogP contribution in [-0.4, -0.2) is 17.3 Å². The Labute approximate surface area is 101 Å². The molecule has 1 aliphatic heterocycles. The molecular formula is C14H17NO2. The Hall–Kier alpha value is -1.64. The average Bonchev–Trinajstić information content (AvgIpc) is 2.88. The number of rotatable bonds is 1. The van der Waals surface area contributed by atoms with Crippen molar-refractivity contribution in [3.8, 4) is 5.75 Å². The first-order valence-corrected chi connectivity index (χ1v) is 6.06. The first-order valence-electron chi connectivity index (χ1n) is 6.06. The lowest BCUT2D eigenvalue weighted by Gasteiger charge is -2.21. The van der Waals surface area contributed by atoms with E-state index in [0.717, 1.165) is 25.9 Å². The molecule has 90 valence electrons. The van der Waals surface area contributed by atoms with Crippen LogP contribution in [0, 0.1) is 0 Å². The van der Waals surface area contributed by atoms with Crippen LogP contribution in [0.2, 0.25) is 0 Å². The Morgan fingerprint density at radius 3 is 2.76 bits per heavy atom. The topological polar surface area (TPSA) is 41.5 Å². The van der Waals surface area contributed by atoms with E-state index in [0.29, 0.717) is 17.6 Å². The largest absolute Gasteiger partial charge is 0.508 e. The second-order valence-electron chi connectivity index (χ2n) is 5.15. The van der Waals surface area contributed by atoms with Gasteiger partial charge in [0.2, 0.25) is 0 Å². The molecule has 1 aliphatic carbocycles. The molecule has 0 bridgehead atoms. The van der Waals surface area contributed by atoms with Gasteiger partial charge in [-0.05, 0) is 49.5 Å². The minimum absolute atomic E-state index is 0.0969. The lowest BCUT2D eigenvalue weighted by atomic mass is 9.93. The van der Waals surface area contributed by atoms with Gasteiger partial charge in [-0.15, -0.1) is 0 Å². The van der Waals surface area contributed by atoms with E-state index >= 15 is 0 Å². The van der Waals surface area contributed by atoms with Gasteiger partial charge in [-0.25, -0.2) is 0 Å². The molecule has 0 aromatic heterocycles. The van der Waals surface area contributed by atoms with Crippen LogP contribution in [0.25, 0.3) is 0 Å². The number of hydrogen-bond acceptors (Lipinski definition) is 3. The second kappa shape index (κ2) is 3.69. The number of benzene rings is 1. The zero-order valence-corrected chi connectivity index (χ0v) is 9.78. The monoisotopic (exact) mass is 231 g/mol. The first kappa shape index (κ1) is 10.5. The molecule has 1 heterocycles. The van der Waals surface area contributed by atoms with Crippen LogP contribution >= 0.6 is 0 Å². The molecule has 2 fully saturated rings. The van der Waals surface area contributed by atoms with Gasteiger partial charge in [0.05, 0.1) is 5.54 Å². The summed E-state index contributed by atoms with van der Waals surface area (Å²) in [4.78, 5) is 0. The summed E-state index contributed by atoms with van der Waals surface area (Å²) in [6.45, 7) is 4.55. The highest BCUT2D eigenvalue weighted by Crippen LogP contribution is 2.43. The van der Waals surface area contributed by atoms with Gasteiger partial charge in [0.15, 0.2) is 5.88 Å². The molecule has 1 aromatic carbocycles. The van der Waals surface area contributed by atoms with Gasteiger partial charge in [-0.3, -0.25) is 0 Å². The molecule has 1 aromatic rings. The molecule has 1 saturated heterocycles. The molecule has 1 saturated carbocycles. The molecule has 17 heavy (non-hydrogen) atoms. The number of ether oxygens (including phenoxy) is 1. The van der Waals surface area contributed by atoms with E-state index in [1.54, 1.807) is 12.1 Å². The molecule has 3 nitrogen and oxygen atoms in total. The van der Waals surface area contributed by atoms with Crippen molar-refractivity contribution in [1.29, 1.82) is 0 Å². The third kappa shape index (κ3) is 1.86. The quantitative estimate of drug-likeness (QED) is 0.780. The summed E-state index contributed by atoms with van der Waals surface area (Å²) in [6.07, 6.45) is 3.36. The van der Waals surface area contributed by atoms with Gasteiger partial charge >= 0.3 is 0 Å². The predicted molar refractivity (Wildman–Crippen MR) is 65.7 cm³/mol. The summed E-state index contributed by atoms with van der Waals surface area (Å²) in [5.41, 5.74) is 1.40. The van der Waals surface area contributed by atoms with Gasteiger partial charge in [-0.1, -0.05) is 12.1 Å². The molecule has 2 atom stereocenters. The summed E-state index contributed by atoms with van der Waals surface area (Å²) in [5, 5.41) is 12.7.